The smallest absolute Gasteiger partial charge is 0.259 e. The van der Waals surface area contributed by atoms with E-state index in [1.807, 2.05) is 19.1 Å². The number of carbonyl (C=O) groups is 1. The number of halogens is 1. The van der Waals surface area contributed by atoms with Gasteiger partial charge in [-0.05, 0) is 30.7 Å². The van der Waals surface area contributed by atoms with E-state index >= 15 is 0 Å². The van der Waals surface area contributed by atoms with E-state index in [1.165, 1.54) is 0 Å². The Bertz CT molecular complexity index is 683. The van der Waals surface area contributed by atoms with Crippen LogP contribution in [0, 0.1) is 6.92 Å². The van der Waals surface area contributed by atoms with Crippen molar-refractivity contribution < 1.29 is 9.53 Å². The fraction of sp³-hybridized carbons (Fsp3) is 0.200. The second kappa shape index (κ2) is 5.61. The molecule has 0 atom stereocenters. The number of amides is 1. The molecule has 3 rings (SSSR count). The molecule has 0 fully saturated rings. The summed E-state index contributed by atoms with van der Waals surface area (Å²) in [6.07, 6.45) is 1.60. The molecule has 0 saturated carbocycles. The quantitative estimate of drug-likeness (QED) is 0.837. The lowest BCUT2D eigenvalue weighted by atomic mass is 10.1. The lowest BCUT2D eigenvalue weighted by Gasteiger charge is -2.21. The molecule has 1 aromatic carbocycles. The summed E-state index contributed by atoms with van der Waals surface area (Å²) in [6.45, 7) is 3.12. The topological polar surface area (TPSA) is 63.2 Å². The average Bonchev–Trinajstić information content (AvgIpc) is 2.50. The van der Waals surface area contributed by atoms with Crippen LogP contribution < -0.4 is 15.4 Å². The van der Waals surface area contributed by atoms with Crippen LogP contribution in [0.2, 0.25) is 5.15 Å². The molecule has 1 aromatic heterocycles. The van der Waals surface area contributed by atoms with Crippen LogP contribution in [0.3, 0.4) is 0 Å². The number of aromatic nitrogens is 1. The summed E-state index contributed by atoms with van der Waals surface area (Å²) in [7, 11) is 0. The Kier molecular flexibility index (Phi) is 3.66. The third-order valence-corrected chi connectivity index (χ3v) is 3.56. The van der Waals surface area contributed by atoms with Gasteiger partial charge in [-0.15, -0.1) is 0 Å². The zero-order valence-electron chi connectivity index (χ0n) is 11.4. The van der Waals surface area contributed by atoms with Crippen molar-refractivity contribution >= 4 is 28.9 Å². The standard InChI is InChI=1S/C15H14ClN3O2/c1-9-5-6-18-14(16)12(9)19-15(20)10-3-2-4-11-13(10)21-8-7-17-11/h2-6,17H,7-8H2,1H3,(H,19,20). The maximum Gasteiger partial charge on any atom is 0.259 e. The molecule has 2 aromatic rings. The van der Waals surface area contributed by atoms with Gasteiger partial charge in [0.2, 0.25) is 0 Å². The van der Waals surface area contributed by atoms with Crippen molar-refractivity contribution in [2.75, 3.05) is 23.8 Å². The van der Waals surface area contributed by atoms with Crippen LogP contribution in [0.25, 0.3) is 0 Å². The number of hydrogen-bond donors (Lipinski definition) is 2. The summed E-state index contributed by atoms with van der Waals surface area (Å²) in [5.41, 5.74) is 2.67. The van der Waals surface area contributed by atoms with Crippen molar-refractivity contribution in [3.63, 3.8) is 0 Å². The molecule has 0 saturated heterocycles. The number of fused-ring (bicyclic) bond motifs is 1. The van der Waals surface area contributed by atoms with E-state index in [1.54, 1.807) is 18.3 Å². The number of hydrogen-bond acceptors (Lipinski definition) is 4. The molecule has 0 spiro atoms. The van der Waals surface area contributed by atoms with Gasteiger partial charge in [-0.3, -0.25) is 4.79 Å². The summed E-state index contributed by atoms with van der Waals surface area (Å²) < 4.78 is 5.60. The van der Waals surface area contributed by atoms with Crippen LogP contribution in [-0.4, -0.2) is 24.0 Å². The van der Waals surface area contributed by atoms with Crippen LogP contribution in [0.1, 0.15) is 15.9 Å². The van der Waals surface area contributed by atoms with Crippen LogP contribution in [0.4, 0.5) is 11.4 Å². The minimum atomic E-state index is -0.270. The van der Waals surface area contributed by atoms with E-state index in [4.69, 9.17) is 16.3 Å². The first-order chi connectivity index (χ1) is 10.2. The van der Waals surface area contributed by atoms with Crippen LogP contribution in [-0.2, 0) is 0 Å². The maximum atomic E-state index is 12.5. The number of anilines is 2. The van der Waals surface area contributed by atoms with Crippen molar-refractivity contribution in [1.29, 1.82) is 0 Å². The number of pyridine rings is 1. The monoisotopic (exact) mass is 303 g/mol. The van der Waals surface area contributed by atoms with Crippen molar-refractivity contribution in [2.45, 2.75) is 6.92 Å². The first kappa shape index (κ1) is 13.7. The summed E-state index contributed by atoms with van der Waals surface area (Å²) in [4.78, 5) is 16.5. The Hall–Kier alpha value is -2.27. The van der Waals surface area contributed by atoms with Crippen molar-refractivity contribution in [1.82, 2.24) is 4.98 Å². The lowest BCUT2D eigenvalue weighted by molar-refractivity contribution is 0.102. The van der Waals surface area contributed by atoms with Crippen LogP contribution in [0.15, 0.2) is 30.5 Å². The Balaban J connectivity index is 1.93. The summed E-state index contributed by atoms with van der Waals surface area (Å²) in [5, 5.41) is 6.28. The highest BCUT2D eigenvalue weighted by Crippen LogP contribution is 2.32. The highest BCUT2D eigenvalue weighted by atomic mass is 35.5. The minimum absolute atomic E-state index is 0.270. The minimum Gasteiger partial charge on any atom is -0.489 e. The number of carbonyl (C=O) groups excluding carboxylic acids is 1. The number of aryl methyl sites for hydroxylation is 1. The van der Waals surface area contributed by atoms with E-state index < -0.39 is 0 Å². The van der Waals surface area contributed by atoms with Gasteiger partial charge < -0.3 is 15.4 Å². The first-order valence-electron chi connectivity index (χ1n) is 6.59. The molecule has 1 amide bonds. The normalized spacial score (nSPS) is 12.9. The first-order valence-corrected chi connectivity index (χ1v) is 6.97. The summed E-state index contributed by atoms with van der Waals surface area (Å²) >= 11 is 6.04. The van der Waals surface area contributed by atoms with Crippen LogP contribution >= 0.6 is 11.6 Å². The van der Waals surface area contributed by atoms with Gasteiger partial charge in [0.15, 0.2) is 10.9 Å². The molecule has 0 unspecified atom stereocenters. The Morgan fingerprint density at radius 3 is 3.10 bits per heavy atom. The van der Waals surface area contributed by atoms with Gasteiger partial charge in [-0.2, -0.15) is 0 Å². The fourth-order valence-electron chi connectivity index (χ4n) is 2.21. The molecule has 0 aliphatic carbocycles. The summed E-state index contributed by atoms with van der Waals surface area (Å²) in [5.74, 6) is 0.299. The zero-order valence-corrected chi connectivity index (χ0v) is 12.2. The molecule has 1 aliphatic heterocycles. The number of nitrogens with one attached hydrogen (secondary N) is 2. The second-order valence-electron chi connectivity index (χ2n) is 4.71. The predicted molar refractivity (Wildman–Crippen MR) is 82.4 cm³/mol. The molecular formula is C15H14ClN3O2. The van der Waals surface area contributed by atoms with E-state index in [2.05, 4.69) is 15.6 Å². The van der Waals surface area contributed by atoms with Crippen molar-refractivity contribution in [3.05, 3.63) is 46.7 Å². The van der Waals surface area contributed by atoms with Crippen molar-refractivity contribution in [3.8, 4) is 5.75 Å². The molecule has 0 radical (unpaired) electrons. The predicted octanol–water partition coefficient (Wildman–Crippen LogP) is 3.10. The third-order valence-electron chi connectivity index (χ3n) is 3.28. The SMILES string of the molecule is Cc1ccnc(Cl)c1NC(=O)c1cccc2c1OCCN2. The zero-order chi connectivity index (χ0) is 14.8. The van der Waals surface area contributed by atoms with E-state index in [9.17, 15) is 4.79 Å². The van der Waals surface area contributed by atoms with E-state index in [0.717, 1.165) is 17.8 Å². The largest absolute Gasteiger partial charge is 0.489 e. The maximum absolute atomic E-state index is 12.5. The molecule has 1 aliphatic rings. The number of benzene rings is 1. The molecule has 5 nitrogen and oxygen atoms in total. The average molecular weight is 304 g/mol. The van der Waals surface area contributed by atoms with Gasteiger partial charge in [0, 0.05) is 12.7 Å². The molecular weight excluding hydrogens is 290 g/mol. The molecule has 2 N–H and O–H groups in total. The van der Waals surface area contributed by atoms with E-state index in [0.29, 0.717) is 23.6 Å². The molecule has 2 heterocycles. The fourth-order valence-corrected chi connectivity index (χ4v) is 2.46. The van der Waals surface area contributed by atoms with Gasteiger partial charge >= 0.3 is 0 Å². The Morgan fingerprint density at radius 1 is 1.43 bits per heavy atom. The molecule has 6 heteroatoms. The number of para-hydroxylation sites is 1. The number of ether oxygens (including phenoxy) is 1. The molecule has 21 heavy (non-hydrogen) atoms. The number of rotatable bonds is 2. The van der Waals surface area contributed by atoms with Gasteiger partial charge in [0.1, 0.15) is 6.61 Å². The van der Waals surface area contributed by atoms with Crippen LogP contribution in [0.5, 0.6) is 5.75 Å². The Morgan fingerprint density at radius 2 is 2.29 bits per heavy atom. The highest BCUT2D eigenvalue weighted by Gasteiger charge is 2.20. The highest BCUT2D eigenvalue weighted by molar-refractivity contribution is 6.33. The van der Waals surface area contributed by atoms with Crippen molar-refractivity contribution in [2.24, 2.45) is 0 Å². The van der Waals surface area contributed by atoms with Gasteiger partial charge in [-0.25, -0.2) is 4.98 Å². The molecule has 108 valence electrons. The summed E-state index contributed by atoms with van der Waals surface area (Å²) in [6, 6.07) is 7.21. The van der Waals surface area contributed by atoms with E-state index in [-0.39, 0.29) is 11.1 Å². The lowest BCUT2D eigenvalue weighted by Crippen LogP contribution is -2.22. The van der Waals surface area contributed by atoms with Gasteiger partial charge in [0.05, 0.1) is 16.9 Å². The van der Waals surface area contributed by atoms with Gasteiger partial charge in [0.25, 0.3) is 5.91 Å². The number of nitrogens with zero attached hydrogens (tertiary/aromatic N) is 1. The second-order valence-corrected chi connectivity index (χ2v) is 5.06. The Labute approximate surface area is 127 Å². The van der Waals surface area contributed by atoms with Gasteiger partial charge in [-0.1, -0.05) is 17.7 Å². The molecule has 0 bridgehead atoms. The third kappa shape index (κ3) is 2.64.